The lowest BCUT2D eigenvalue weighted by Gasteiger charge is -2.14. The second-order valence-electron chi connectivity index (χ2n) is 4.39. The fourth-order valence-electron chi connectivity index (χ4n) is 1.92. The van der Waals surface area contributed by atoms with Crippen molar-refractivity contribution in [3.05, 3.63) is 33.5 Å². The van der Waals surface area contributed by atoms with Gasteiger partial charge in [-0.05, 0) is 27.6 Å². The van der Waals surface area contributed by atoms with Gasteiger partial charge in [-0.2, -0.15) is 10.5 Å². The topological polar surface area (TPSA) is 81.0 Å². The summed E-state index contributed by atoms with van der Waals surface area (Å²) in [4.78, 5) is 13.6. The SMILES string of the molecule is CN(C)C(=O)c1cc2oc(C#N)cc2c(Br)c1CC#N. The third-order valence-corrected chi connectivity index (χ3v) is 3.77. The van der Waals surface area contributed by atoms with Crippen LogP contribution in [0.5, 0.6) is 0 Å². The van der Waals surface area contributed by atoms with Gasteiger partial charge in [0.05, 0.1) is 12.5 Å². The fraction of sp³-hybridized carbons (Fsp3) is 0.214. The van der Waals surface area contributed by atoms with Crippen LogP contribution in [0.4, 0.5) is 0 Å². The lowest BCUT2D eigenvalue weighted by atomic mass is 10.0. The van der Waals surface area contributed by atoms with Crippen LogP contribution in [0.3, 0.4) is 0 Å². The van der Waals surface area contributed by atoms with Crippen molar-refractivity contribution in [2.75, 3.05) is 14.1 Å². The molecule has 1 heterocycles. The molecular formula is C14H10BrN3O2. The molecule has 0 aliphatic rings. The van der Waals surface area contributed by atoms with Crippen LogP contribution in [0.1, 0.15) is 21.7 Å². The minimum absolute atomic E-state index is 0.0957. The number of fused-ring (bicyclic) bond motifs is 1. The van der Waals surface area contributed by atoms with Crippen LogP contribution in [0.2, 0.25) is 0 Å². The predicted molar refractivity (Wildman–Crippen MR) is 76.0 cm³/mol. The number of hydrogen-bond acceptors (Lipinski definition) is 4. The highest BCUT2D eigenvalue weighted by Crippen LogP contribution is 2.33. The highest BCUT2D eigenvalue weighted by atomic mass is 79.9. The molecule has 0 fully saturated rings. The maximum Gasteiger partial charge on any atom is 0.253 e. The lowest BCUT2D eigenvalue weighted by Crippen LogP contribution is -2.23. The van der Waals surface area contributed by atoms with E-state index in [0.717, 1.165) is 0 Å². The standard InChI is InChI=1S/C14H10BrN3O2/c1-18(2)14(19)10-6-12-11(5-8(7-17)20-12)13(15)9(10)3-4-16/h5-6H,3H2,1-2H3. The number of hydrogen-bond donors (Lipinski definition) is 0. The molecular weight excluding hydrogens is 322 g/mol. The number of halogens is 1. The summed E-state index contributed by atoms with van der Waals surface area (Å²) < 4.78 is 5.97. The molecule has 100 valence electrons. The summed E-state index contributed by atoms with van der Waals surface area (Å²) >= 11 is 3.40. The van der Waals surface area contributed by atoms with Crippen LogP contribution in [0.15, 0.2) is 21.0 Å². The van der Waals surface area contributed by atoms with Crippen molar-refractivity contribution >= 4 is 32.8 Å². The minimum atomic E-state index is -0.215. The lowest BCUT2D eigenvalue weighted by molar-refractivity contribution is 0.0826. The second kappa shape index (κ2) is 5.36. The Bertz CT molecular complexity index is 778. The van der Waals surface area contributed by atoms with Crippen LogP contribution in [-0.4, -0.2) is 24.9 Å². The molecule has 0 atom stereocenters. The van der Waals surface area contributed by atoms with E-state index in [-0.39, 0.29) is 18.1 Å². The van der Waals surface area contributed by atoms with Crippen molar-refractivity contribution in [2.24, 2.45) is 0 Å². The summed E-state index contributed by atoms with van der Waals surface area (Å²) in [5.41, 5.74) is 1.44. The summed E-state index contributed by atoms with van der Waals surface area (Å²) in [6, 6.07) is 7.13. The first-order valence-electron chi connectivity index (χ1n) is 5.73. The van der Waals surface area contributed by atoms with E-state index in [1.54, 1.807) is 26.2 Å². The van der Waals surface area contributed by atoms with Crippen LogP contribution >= 0.6 is 15.9 Å². The van der Waals surface area contributed by atoms with Gasteiger partial charge >= 0.3 is 0 Å². The van der Waals surface area contributed by atoms with Crippen molar-refractivity contribution in [1.29, 1.82) is 10.5 Å². The average Bonchev–Trinajstić information content (AvgIpc) is 2.84. The van der Waals surface area contributed by atoms with Gasteiger partial charge in [0, 0.05) is 35.6 Å². The van der Waals surface area contributed by atoms with E-state index >= 15 is 0 Å². The van der Waals surface area contributed by atoms with Gasteiger partial charge < -0.3 is 9.32 Å². The first kappa shape index (κ1) is 14.1. The van der Waals surface area contributed by atoms with E-state index < -0.39 is 0 Å². The zero-order chi connectivity index (χ0) is 14.9. The third kappa shape index (κ3) is 2.26. The Morgan fingerprint density at radius 1 is 1.40 bits per heavy atom. The van der Waals surface area contributed by atoms with E-state index in [0.29, 0.717) is 26.6 Å². The monoisotopic (exact) mass is 331 g/mol. The van der Waals surface area contributed by atoms with Crippen LogP contribution < -0.4 is 0 Å². The van der Waals surface area contributed by atoms with E-state index in [1.165, 1.54) is 4.90 Å². The Morgan fingerprint density at radius 3 is 2.65 bits per heavy atom. The number of nitrogens with zero attached hydrogens (tertiary/aromatic N) is 3. The van der Waals surface area contributed by atoms with Gasteiger partial charge in [-0.1, -0.05) is 0 Å². The molecule has 0 saturated carbocycles. The highest BCUT2D eigenvalue weighted by molar-refractivity contribution is 9.10. The zero-order valence-electron chi connectivity index (χ0n) is 10.9. The summed E-state index contributed by atoms with van der Waals surface area (Å²) in [5, 5.41) is 18.5. The Kier molecular flexibility index (Phi) is 3.78. The molecule has 2 aromatic rings. The normalized spacial score (nSPS) is 10.1. The van der Waals surface area contributed by atoms with Crippen molar-refractivity contribution in [3.8, 4) is 12.1 Å². The van der Waals surface area contributed by atoms with E-state index in [1.807, 2.05) is 12.1 Å². The zero-order valence-corrected chi connectivity index (χ0v) is 12.5. The van der Waals surface area contributed by atoms with E-state index in [4.69, 9.17) is 14.9 Å². The Balaban J connectivity index is 2.79. The number of amides is 1. The molecule has 0 unspecified atom stereocenters. The number of carbonyl (C=O) groups excluding carboxylic acids is 1. The second-order valence-corrected chi connectivity index (χ2v) is 5.18. The number of carbonyl (C=O) groups is 1. The summed E-state index contributed by atoms with van der Waals surface area (Å²) in [6.45, 7) is 0. The molecule has 0 bridgehead atoms. The third-order valence-electron chi connectivity index (χ3n) is 2.87. The first-order chi connectivity index (χ1) is 9.49. The maximum absolute atomic E-state index is 12.2. The van der Waals surface area contributed by atoms with E-state index in [2.05, 4.69) is 15.9 Å². The number of benzene rings is 1. The number of rotatable bonds is 2. The quantitative estimate of drug-likeness (QED) is 0.847. The molecule has 1 aromatic carbocycles. The molecule has 1 aromatic heterocycles. The maximum atomic E-state index is 12.2. The van der Waals surface area contributed by atoms with Crippen molar-refractivity contribution < 1.29 is 9.21 Å². The van der Waals surface area contributed by atoms with Crippen molar-refractivity contribution in [2.45, 2.75) is 6.42 Å². The summed E-state index contributed by atoms with van der Waals surface area (Å²) in [7, 11) is 3.28. The molecule has 0 saturated heterocycles. The number of nitriles is 2. The van der Waals surface area contributed by atoms with Gasteiger partial charge in [0.15, 0.2) is 0 Å². The largest absolute Gasteiger partial charge is 0.446 e. The fourth-order valence-corrected chi connectivity index (χ4v) is 2.59. The molecule has 0 aliphatic carbocycles. The van der Waals surface area contributed by atoms with Gasteiger partial charge in [-0.25, -0.2) is 0 Å². The molecule has 0 spiro atoms. The molecule has 2 rings (SSSR count). The van der Waals surface area contributed by atoms with Gasteiger partial charge in [-0.3, -0.25) is 4.79 Å². The van der Waals surface area contributed by atoms with Gasteiger partial charge in [-0.15, -0.1) is 0 Å². The predicted octanol–water partition coefficient (Wildman–Crippen LogP) is 2.83. The van der Waals surface area contributed by atoms with E-state index in [9.17, 15) is 4.79 Å². The smallest absolute Gasteiger partial charge is 0.253 e. The van der Waals surface area contributed by atoms with Crippen LogP contribution in [0, 0.1) is 22.7 Å². The van der Waals surface area contributed by atoms with Gasteiger partial charge in [0.1, 0.15) is 11.7 Å². The van der Waals surface area contributed by atoms with Crippen LogP contribution in [-0.2, 0) is 6.42 Å². The van der Waals surface area contributed by atoms with Crippen molar-refractivity contribution in [1.82, 2.24) is 4.90 Å². The molecule has 6 heteroatoms. The molecule has 20 heavy (non-hydrogen) atoms. The van der Waals surface area contributed by atoms with Gasteiger partial charge in [0.25, 0.3) is 5.91 Å². The molecule has 1 amide bonds. The van der Waals surface area contributed by atoms with Gasteiger partial charge in [0.2, 0.25) is 5.76 Å². The molecule has 0 N–H and O–H groups in total. The molecule has 0 radical (unpaired) electrons. The molecule has 0 aliphatic heterocycles. The number of furan rings is 1. The molecule has 5 nitrogen and oxygen atoms in total. The summed E-state index contributed by atoms with van der Waals surface area (Å²) in [5.74, 6) is -0.0502. The Hall–Kier alpha value is -2.31. The first-order valence-corrected chi connectivity index (χ1v) is 6.52. The van der Waals surface area contributed by atoms with Crippen LogP contribution in [0.25, 0.3) is 11.0 Å². The highest BCUT2D eigenvalue weighted by Gasteiger charge is 2.20. The minimum Gasteiger partial charge on any atom is -0.446 e. The van der Waals surface area contributed by atoms with Crippen molar-refractivity contribution in [3.63, 3.8) is 0 Å². The average molecular weight is 332 g/mol. The Labute approximate surface area is 124 Å². The summed E-state index contributed by atoms with van der Waals surface area (Å²) in [6.07, 6.45) is 0.0957. The Morgan fingerprint density at radius 2 is 2.10 bits per heavy atom.